The Morgan fingerprint density at radius 2 is 1.82 bits per heavy atom. The number of imidazole rings is 1. The van der Waals surface area contributed by atoms with E-state index in [1.165, 1.54) is 30.2 Å². The van der Waals surface area contributed by atoms with Gasteiger partial charge in [0.15, 0.2) is 5.82 Å². The van der Waals surface area contributed by atoms with Gasteiger partial charge in [0.1, 0.15) is 5.82 Å². The number of thioether (sulfide) groups is 1. The molecule has 8 nitrogen and oxygen atoms in total. The van der Waals surface area contributed by atoms with Crippen molar-refractivity contribution in [2.24, 2.45) is 0 Å². The quantitative estimate of drug-likeness (QED) is 0.408. The molecule has 1 N–H and O–H groups in total. The Morgan fingerprint density at radius 1 is 1.03 bits per heavy atom. The maximum Gasteiger partial charge on any atom is 0.230 e. The third-order valence-electron chi connectivity index (χ3n) is 6.06. The van der Waals surface area contributed by atoms with Crippen LogP contribution >= 0.6 is 11.8 Å². The maximum atomic E-state index is 12.5. The normalized spacial score (nSPS) is 14.2. The standard InChI is InChI=1S/C24H27N7OS/c32-24(17-33-16-23-27-28-29-31(23)19-10-4-5-11-19)25-14-22-26-20-12-6-7-13-21(20)30(22)15-18-8-2-1-3-9-18/h1-3,6-9,12-13,19H,4-5,10-11,14-17H2,(H,25,32). The Hall–Kier alpha value is -3.20. The number of fused-ring (bicyclic) bond motifs is 1. The van der Waals surface area contributed by atoms with Crippen LogP contribution in [0.5, 0.6) is 0 Å². The number of amides is 1. The van der Waals surface area contributed by atoms with Crippen LogP contribution in [0.4, 0.5) is 0 Å². The van der Waals surface area contributed by atoms with Gasteiger partial charge in [-0.2, -0.15) is 0 Å². The van der Waals surface area contributed by atoms with Gasteiger partial charge in [0, 0.05) is 6.54 Å². The molecule has 0 aliphatic heterocycles. The molecular weight excluding hydrogens is 434 g/mol. The van der Waals surface area contributed by atoms with E-state index in [0.29, 0.717) is 30.6 Å². The minimum absolute atomic E-state index is 0.0155. The van der Waals surface area contributed by atoms with Gasteiger partial charge in [-0.3, -0.25) is 4.79 Å². The summed E-state index contributed by atoms with van der Waals surface area (Å²) < 4.78 is 4.12. The second-order valence-electron chi connectivity index (χ2n) is 8.34. The minimum atomic E-state index is -0.0155. The monoisotopic (exact) mass is 461 g/mol. The van der Waals surface area contributed by atoms with Gasteiger partial charge in [0.05, 0.1) is 35.1 Å². The van der Waals surface area contributed by atoms with E-state index in [1.54, 1.807) is 0 Å². The predicted octanol–water partition coefficient (Wildman–Crippen LogP) is 3.74. The molecule has 1 saturated carbocycles. The van der Waals surface area contributed by atoms with E-state index in [2.05, 4.69) is 43.6 Å². The molecule has 1 fully saturated rings. The van der Waals surface area contributed by atoms with E-state index < -0.39 is 0 Å². The molecule has 5 rings (SSSR count). The number of tetrazole rings is 1. The van der Waals surface area contributed by atoms with Crippen molar-refractivity contribution in [3.63, 3.8) is 0 Å². The summed E-state index contributed by atoms with van der Waals surface area (Å²) in [5, 5.41) is 15.2. The molecule has 2 aromatic carbocycles. The molecular formula is C24H27N7OS. The van der Waals surface area contributed by atoms with Crippen LogP contribution in [0.1, 0.15) is 48.9 Å². The number of nitrogens with one attached hydrogen (secondary N) is 1. The van der Waals surface area contributed by atoms with E-state index in [0.717, 1.165) is 35.5 Å². The number of carbonyl (C=O) groups is 1. The highest BCUT2D eigenvalue weighted by Gasteiger charge is 2.21. The summed E-state index contributed by atoms with van der Waals surface area (Å²) in [6, 6.07) is 18.8. The largest absolute Gasteiger partial charge is 0.348 e. The number of para-hydroxylation sites is 2. The van der Waals surface area contributed by atoms with E-state index in [4.69, 9.17) is 4.98 Å². The number of rotatable bonds is 9. The van der Waals surface area contributed by atoms with E-state index in [-0.39, 0.29) is 5.91 Å². The molecule has 170 valence electrons. The van der Waals surface area contributed by atoms with Gasteiger partial charge in [-0.25, -0.2) is 9.67 Å². The first-order chi connectivity index (χ1) is 16.3. The summed E-state index contributed by atoms with van der Waals surface area (Å²) in [6.07, 6.45) is 4.73. The number of nitrogens with zero attached hydrogens (tertiary/aromatic N) is 6. The first-order valence-electron chi connectivity index (χ1n) is 11.4. The number of benzene rings is 2. The van der Waals surface area contributed by atoms with Crippen molar-refractivity contribution in [1.29, 1.82) is 0 Å². The predicted molar refractivity (Wildman–Crippen MR) is 129 cm³/mol. The van der Waals surface area contributed by atoms with Gasteiger partial charge in [-0.15, -0.1) is 16.9 Å². The van der Waals surface area contributed by atoms with Gasteiger partial charge in [-0.05, 0) is 41.0 Å². The second-order valence-corrected chi connectivity index (χ2v) is 9.32. The molecule has 0 bridgehead atoms. The summed E-state index contributed by atoms with van der Waals surface area (Å²) in [4.78, 5) is 17.3. The fourth-order valence-electron chi connectivity index (χ4n) is 4.41. The maximum absolute atomic E-state index is 12.5. The summed E-state index contributed by atoms with van der Waals surface area (Å²) in [5.74, 6) is 2.67. The van der Waals surface area contributed by atoms with Gasteiger partial charge >= 0.3 is 0 Å². The van der Waals surface area contributed by atoms with Crippen molar-refractivity contribution in [3.8, 4) is 0 Å². The lowest BCUT2D eigenvalue weighted by Gasteiger charge is -2.11. The van der Waals surface area contributed by atoms with Crippen LogP contribution in [0, 0.1) is 0 Å². The third kappa shape index (κ3) is 5.08. The molecule has 9 heteroatoms. The highest BCUT2D eigenvalue weighted by molar-refractivity contribution is 7.99. The zero-order valence-corrected chi connectivity index (χ0v) is 19.2. The van der Waals surface area contributed by atoms with Crippen LogP contribution in [-0.2, 0) is 23.6 Å². The fraction of sp³-hybridized carbons (Fsp3) is 0.375. The third-order valence-corrected chi connectivity index (χ3v) is 6.99. The SMILES string of the molecule is O=C(CSCc1nnnn1C1CCCC1)NCc1nc2ccccc2n1Cc1ccccc1. The van der Waals surface area contributed by atoms with Crippen LogP contribution in [0.25, 0.3) is 11.0 Å². The molecule has 0 unspecified atom stereocenters. The average Bonchev–Trinajstić information content (AvgIpc) is 3.59. The van der Waals surface area contributed by atoms with Crippen LogP contribution in [0.15, 0.2) is 54.6 Å². The van der Waals surface area contributed by atoms with Gasteiger partial charge < -0.3 is 9.88 Å². The van der Waals surface area contributed by atoms with Crippen LogP contribution < -0.4 is 5.32 Å². The summed E-state index contributed by atoms with van der Waals surface area (Å²) in [6.45, 7) is 1.10. The first-order valence-corrected chi connectivity index (χ1v) is 12.5. The number of aromatic nitrogens is 6. The van der Waals surface area contributed by atoms with Gasteiger partial charge in [-0.1, -0.05) is 55.3 Å². The van der Waals surface area contributed by atoms with E-state index in [9.17, 15) is 4.79 Å². The summed E-state index contributed by atoms with van der Waals surface area (Å²) in [5.41, 5.74) is 3.20. The van der Waals surface area contributed by atoms with Crippen LogP contribution in [0.3, 0.4) is 0 Å². The van der Waals surface area contributed by atoms with Crippen molar-refractivity contribution in [2.75, 3.05) is 5.75 Å². The lowest BCUT2D eigenvalue weighted by atomic mass is 10.2. The Labute approximate surface area is 196 Å². The Kier molecular flexibility index (Phi) is 6.66. The van der Waals surface area contributed by atoms with Crippen molar-refractivity contribution < 1.29 is 4.79 Å². The minimum Gasteiger partial charge on any atom is -0.348 e. The van der Waals surface area contributed by atoms with Gasteiger partial charge in [0.2, 0.25) is 5.91 Å². The highest BCUT2D eigenvalue weighted by Crippen LogP contribution is 2.29. The summed E-state index contributed by atoms with van der Waals surface area (Å²) in [7, 11) is 0. The zero-order chi connectivity index (χ0) is 22.5. The number of hydrogen-bond donors (Lipinski definition) is 1. The second kappa shape index (κ2) is 10.2. The number of carbonyl (C=O) groups excluding carboxylic acids is 1. The molecule has 1 amide bonds. The highest BCUT2D eigenvalue weighted by atomic mass is 32.2. The molecule has 0 spiro atoms. The van der Waals surface area contributed by atoms with Gasteiger partial charge in [0.25, 0.3) is 0 Å². The molecule has 0 saturated heterocycles. The molecule has 1 aliphatic carbocycles. The molecule has 1 aliphatic rings. The Bertz CT molecular complexity index is 1210. The van der Waals surface area contributed by atoms with Crippen molar-refractivity contribution >= 4 is 28.7 Å². The fourth-order valence-corrected chi connectivity index (χ4v) is 5.17. The van der Waals surface area contributed by atoms with Crippen molar-refractivity contribution in [1.82, 2.24) is 35.1 Å². The first kappa shape index (κ1) is 21.6. The molecule has 2 heterocycles. The molecule has 33 heavy (non-hydrogen) atoms. The number of hydrogen-bond acceptors (Lipinski definition) is 6. The molecule has 0 atom stereocenters. The van der Waals surface area contributed by atoms with E-state index in [1.807, 2.05) is 41.1 Å². The molecule has 0 radical (unpaired) electrons. The lowest BCUT2D eigenvalue weighted by Crippen LogP contribution is -2.26. The Morgan fingerprint density at radius 3 is 2.67 bits per heavy atom. The molecule has 2 aromatic heterocycles. The lowest BCUT2D eigenvalue weighted by molar-refractivity contribution is -0.118. The van der Waals surface area contributed by atoms with Crippen molar-refractivity contribution in [3.05, 3.63) is 71.8 Å². The molecule has 4 aromatic rings. The topological polar surface area (TPSA) is 90.5 Å². The van der Waals surface area contributed by atoms with E-state index >= 15 is 0 Å². The van der Waals surface area contributed by atoms with Crippen molar-refractivity contribution in [2.45, 2.75) is 50.6 Å². The van der Waals surface area contributed by atoms with Crippen LogP contribution in [0.2, 0.25) is 0 Å². The summed E-state index contributed by atoms with van der Waals surface area (Å²) >= 11 is 1.54. The Balaban J connectivity index is 1.19. The smallest absolute Gasteiger partial charge is 0.230 e. The average molecular weight is 462 g/mol. The van der Waals surface area contributed by atoms with Crippen LogP contribution in [-0.4, -0.2) is 41.4 Å². The zero-order valence-electron chi connectivity index (χ0n) is 18.4.